The lowest BCUT2D eigenvalue weighted by Crippen LogP contribution is -2.33. The molecule has 110 valence electrons. The van der Waals surface area contributed by atoms with Crippen molar-refractivity contribution in [1.29, 1.82) is 0 Å². The Bertz CT molecular complexity index is 792. The Balaban J connectivity index is 2.20. The van der Waals surface area contributed by atoms with E-state index in [0.717, 1.165) is 52.8 Å². The van der Waals surface area contributed by atoms with E-state index in [-0.39, 0.29) is 11.3 Å². The van der Waals surface area contributed by atoms with Crippen LogP contribution in [0, 0.1) is 13.8 Å². The second-order valence-electron chi connectivity index (χ2n) is 6.29. The van der Waals surface area contributed by atoms with Crippen molar-refractivity contribution in [3.63, 3.8) is 0 Å². The van der Waals surface area contributed by atoms with Gasteiger partial charge in [0.25, 0.3) is 0 Å². The molecule has 1 aromatic carbocycles. The van der Waals surface area contributed by atoms with Crippen LogP contribution in [0.15, 0.2) is 21.0 Å². The number of phenolic OH excluding ortho intramolecular Hbond substituents is 1. The lowest BCUT2D eigenvalue weighted by Gasteiger charge is -2.26. The standard InChI is InChI=1S/C17H19NO3/c1-9-7-11-13(17(3)5-4-6-18-17)15-12(8-10(2)20-15)14(19)16(11)21-9/h7-8,18-19H,4-6H2,1-3H3. The van der Waals surface area contributed by atoms with Crippen molar-refractivity contribution in [3.05, 3.63) is 29.2 Å². The number of aromatic hydroxyl groups is 1. The van der Waals surface area contributed by atoms with Crippen LogP contribution < -0.4 is 5.32 Å². The number of fused-ring (bicyclic) bond motifs is 2. The molecule has 2 aromatic heterocycles. The van der Waals surface area contributed by atoms with E-state index < -0.39 is 0 Å². The van der Waals surface area contributed by atoms with Gasteiger partial charge in [-0.25, -0.2) is 0 Å². The molecular formula is C17H19NO3. The number of rotatable bonds is 1. The van der Waals surface area contributed by atoms with E-state index in [0.29, 0.717) is 5.58 Å². The van der Waals surface area contributed by atoms with Crippen molar-refractivity contribution >= 4 is 21.9 Å². The van der Waals surface area contributed by atoms with Gasteiger partial charge in [0.05, 0.1) is 5.39 Å². The summed E-state index contributed by atoms with van der Waals surface area (Å²) in [5.74, 6) is 1.77. The van der Waals surface area contributed by atoms with Gasteiger partial charge in [-0.15, -0.1) is 0 Å². The van der Waals surface area contributed by atoms with Crippen molar-refractivity contribution in [3.8, 4) is 5.75 Å². The zero-order valence-electron chi connectivity index (χ0n) is 12.5. The number of furan rings is 2. The van der Waals surface area contributed by atoms with E-state index >= 15 is 0 Å². The average Bonchev–Trinajstić information content (AvgIpc) is 3.09. The molecule has 1 unspecified atom stereocenters. The van der Waals surface area contributed by atoms with E-state index in [1.807, 2.05) is 26.0 Å². The highest BCUT2D eigenvalue weighted by Gasteiger charge is 2.36. The molecule has 21 heavy (non-hydrogen) atoms. The van der Waals surface area contributed by atoms with Crippen LogP contribution in [0.4, 0.5) is 0 Å². The van der Waals surface area contributed by atoms with Crippen LogP contribution in [-0.4, -0.2) is 11.7 Å². The summed E-state index contributed by atoms with van der Waals surface area (Å²) in [6.45, 7) is 7.00. The number of nitrogens with one attached hydrogen (secondary N) is 1. The number of benzene rings is 1. The highest BCUT2D eigenvalue weighted by Crippen LogP contribution is 2.46. The van der Waals surface area contributed by atoms with Crippen LogP contribution in [0.25, 0.3) is 21.9 Å². The van der Waals surface area contributed by atoms with Crippen molar-refractivity contribution in [2.45, 2.75) is 39.2 Å². The molecule has 1 saturated heterocycles. The molecule has 1 aliphatic heterocycles. The summed E-state index contributed by atoms with van der Waals surface area (Å²) in [4.78, 5) is 0. The predicted octanol–water partition coefficient (Wildman–Crippen LogP) is 4.10. The third-order valence-electron chi connectivity index (χ3n) is 4.60. The Labute approximate surface area is 122 Å². The normalized spacial score (nSPS) is 22.6. The quantitative estimate of drug-likeness (QED) is 0.706. The van der Waals surface area contributed by atoms with E-state index in [9.17, 15) is 5.11 Å². The fraction of sp³-hybridized carbons (Fsp3) is 0.412. The fourth-order valence-corrected chi connectivity index (χ4v) is 3.65. The van der Waals surface area contributed by atoms with Gasteiger partial charge in [-0.3, -0.25) is 0 Å². The van der Waals surface area contributed by atoms with Crippen LogP contribution in [0.3, 0.4) is 0 Å². The molecule has 0 saturated carbocycles. The molecule has 1 fully saturated rings. The summed E-state index contributed by atoms with van der Waals surface area (Å²) in [5, 5.41) is 15.8. The molecular weight excluding hydrogens is 266 g/mol. The monoisotopic (exact) mass is 285 g/mol. The Morgan fingerprint density at radius 1 is 1.10 bits per heavy atom. The minimum atomic E-state index is -0.148. The van der Waals surface area contributed by atoms with Crippen molar-refractivity contribution in [2.75, 3.05) is 6.54 Å². The molecule has 3 heterocycles. The van der Waals surface area contributed by atoms with Gasteiger partial charge in [0, 0.05) is 16.5 Å². The number of aryl methyl sites for hydroxylation is 2. The Morgan fingerprint density at radius 3 is 2.43 bits per heavy atom. The zero-order chi connectivity index (χ0) is 14.8. The van der Waals surface area contributed by atoms with Crippen LogP contribution in [-0.2, 0) is 5.54 Å². The van der Waals surface area contributed by atoms with E-state index in [4.69, 9.17) is 8.83 Å². The molecule has 1 atom stereocenters. The lowest BCUT2D eigenvalue weighted by atomic mass is 9.86. The van der Waals surface area contributed by atoms with Crippen LogP contribution in [0.1, 0.15) is 36.8 Å². The molecule has 0 spiro atoms. The summed E-state index contributed by atoms with van der Waals surface area (Å²) >= 11 is 0. The first kappa shape index (κ1) is 12.8. The van der Waals surface area contributed by atoms with Gasteiger partial charge in [-0.05, 0) is 52.3 Å². The first-order valence-corrected chi connectivity index (χ1v) is 7.40. The first-order chi connectivity index (χ1) is 9.99. The first-order valence-electron chi connectivity index (χ1n) is 7.40. The Hall–Kier alpha value is -1.94. The predicted molar refractivity (Wildman–Crippen MR) is 81.7 cm³/mol. The van der Waals surface area contributed by atoms with Crippen molar-refractivity contribution in [2.24, 2.45) is 0 Å². The topological polar surface area (TPSA) is 58.5 Å². The molecule has 0 aliphatic carbocycles. The summed E-state index contributed by atoms with van der Waals surface area (Å²) < 4.78 is 11.7. The Morgan fingerprint density at radius 2 is 1.76 bits per heavy atom. The minimum absolute atomic E-state index is 0.148. The molecule has 4 nitrogen and oxygen atoms in total. The summed E-state index contributed by atoms with van der Waals surface area (Å²) in [6, 6.07) is 3.87. The second-order valence-corrected chi connectivity index (χ2v) is 6.29. The second kappa shape index (κ2) is 4.04. The summed E-state index contributed by atoms with van der Waals surface area (Å²) in [7, 11) is 0. The number of phenols is 1. The fourth-order valence-electron chi connectivity index (χ4n) is 3.65. The molecule has 0 radical (unpaired) electrons. The van der Waals surface area contributed by atoms with Crippen LogP contribution in [0.5, 0.6) is 5.75 Å². The average molecular weight is 285 g/mol. The maximum absolute atomic E-state index is 10.5. The van der Waals surface area contributed by atoms with Gasteiger partial charge < -0.3 is 19.3 Å². The van der Waals surface area contributed by atoms with Gasteiger partial charge in [0.1, 0.15) is 17.1 Å². The molecule has 2 N–H and O–H groups in total. The van der Waals surface area contributed by atoms with E-state index in [1.165, 1.54) is 0 Å². The highest BCUT2D eigenvalue weighted by molar-refractivity contribution is 6.05. The van der Waals surface area contributed by atoms with Gasteiger partial charge in [-0.2, -0.15) is 0 Å². The SMILES string of the molecule is Cc1cc2c(C3(C)CCCN3)c3oc(C)cc3c(O)c2o1. The van der Waals surface area contributed by atoms with E-state index in [1.54, 1.807) is 0 Å². The molecule has 0 amide bonds. The van der Waals surface area contributed by atoms with Crippen molar-refractivity contribution in [1.82, 2.24) is 5.32 Å². The number of hydrogen-bond donors (Lipinski definition) is 2. The van der Waals surface area contributed by atoms with Gasteiger partial charge in [0.15, 0.2) is 11.3 Å². The van der Waals surface area contributed by atoms with Gasteiger partial charge in [-0.1, -0.05) is 0 Å². The third-order valence-corrected chi connectivity index (χ3v) is 4.60. The zero-order valence-corrected chi connectivity index (χ0v) is 12.5. The van der Waals surface area contributed by atoms with Crippen molar-refractivity contribution < 1.29 is 13.9 Å². The summed E-state index contributed by atoms with van der Waals surface area (Å²) in [6.07, 6.45) is 2.18. The van der Waals surface area contributed by atoms with Gasteiger partial charge in [0.2, 0.25) is 0 Å². The Kier molecular flexibility index (Phi) is 2.46. The van der Waals surface area contributed by atoms with Crippen LogP contribution in [0.2, 0.25) is 0 Å². The highest BCUT2D eigenvalue weighted by atomic mass is 16.4. The summed E-state index contributed by atoms with van der Waals surface area (Å²) in [5.41, 5.74) is 2.29. The molecule has 0 bridgehead atoms. The molecule has 1 aliphatic rings. The van der Waals surface area contributed by atoms with E-state index in [2.05, 4.69) is 12.2 Å². The minimum Gasteiger partial charge on any atom is -0.504 e. The lowest BCUT2D eigenvalue weighted by molar-refractivity contribution is 0.431. The molecule has 4 heteroatoms. The maximum Gasteiger partial charge on any atom is 0.177 e. The molecule has 4 rings (SSSR count). The van der Waals surface area contributed by atoms with Gasteiger partial charge >= 0.3 is 0 Å². The third kappa shape index (κ3) is 1.65. The van der Waals surface area contributed by atoms with Crippen LogP contribution >= 0.6 is 0 Å². The smallest absolute Gasteiger partial charge is 0.177 e. The number of hydrogen-bond acceptors (Lipinski definition) is 4. The largest absolute Gasteiger partial charge is 0.504 e. The maximum atomic E-state index is 10.5. The molecule has 3 aromatic rings.